The molecule has 0 radical (unpaired) electrons. The molecule has 1 aliphatic heterocycles. The molecule has 0 atom stereocenters. The molecule has 0 saturated carbocycles. The van der Waals surface area contributed by atoms with Gasteiger partial charge in [0.2, 0.25) is 0 Å². The van der Waals surface area contributed by atoms with Crippen LogP contribution < -0.4 is 0 Å². The van der Waals surface area contributed by atoms with Crippen molar-refractivity contribution in [2.45, 2.75) is 6.92 Å². The number of aromatic nitrogens is 2. The van der Waals surface area contributed by atoms with Crippen LogP contribution >= 0.6 is 11.8 Å². The summed E-state index contributed by atoms with van der Waals surface area (Å²) >= 11 is 1.88. The lowest BCUT2D eigenvalue weighted by molar-refractivity contribution is 0.0774. The highest BCUT2D eigenvalue weighted by atomic mass is 32.2. The molecule has 0 bridgehead atoms. The van der Waals surface area contributed by atoms with Crippen LogP contribution in [-0.2, 0) is 0 Å². The Bertz CT molecular complexity index is 886. The average Bonchev–Trinajstić information content (AvgIpc) is 3.05. The van der Waals surface area contributed by atoms with Gasteiger partial charge >= 0.3 is 0 Å². The number of thioether (sulfide) groups is 1. The van der Waals surface area contributed by atoms with Crippen LogP contribution in [0.5, 0.6) is 0 Å². The van der Waals surface area contributed by atoms with Crippen LogP contribution in [0.25, 0.3) is 22.4 Å². The van der Waals surface area contributed by atoms with Crippen LogP contribution in [0, 0.1) is 6.92 Å². The second-order valence-electron chi connectivity index (χ2n) is 5.79. The third kappa shape index (κ3) is 2.67. The molecule has 1 aliphatic rings. The Labute approximate surface area is 144 Å². The first-order valence-corrected chi connectivity index (χ1v) is 9.09. The van der Waals surface area contributed by atoms with E-state index in [4.69, 9.17) is 4.52 Å². The SMILES string of the molecule is Cc1cc(C(=O)N2CCSCC2)c2c(-c3ccccc3)noc2n1. The van der Waals surface area contributed by atoms with Gasteiger partial charge in [-0.1, -0.05) is 35.5 Å². The van der Waals surface area contributed by atoms with Crippen molar-refractivity contribution in [2.24, 2.45) is 0 Å². The zero-order valence-corrected chi connectivity index (χ0v) is 14.2. The highest BCUT2D eigenvalue weighted by molar-refractivity contribution is 7.99. The van der Waals surface area contributed by atoms with Gasteiger partial charge in [-0.2, -0.15) is 11.8 Å². The Morgan fingerprint density at radius 3 is 2.71 bits per heavy atom. The van der Waals surface area contributed by atoms with Gasteiger partial charge in [0.05, 0.1) is 10.9 Å². The number of pyridine rings is 1. The molecule has 6 heteroatoms. The number of benzene rings is 1. The normalized spacial score (nSPS) is 15.0. The van der Waals surface area contributed by atoms with Crippen molar-refractivity contribution in [2.75, 3.05) is 24.6 Å². The number of rotatable bonds is 2. The Morgan fingerprint density at radius 2 is 1.96 bits per heavy atom. The summed E-state index contributed by atoms with van der Waals surface area (Å²) in [7, 11) is 0. The Hall–Kier alpha value is -2.34. The minimum absolute atomic E-state index is 0.0335. The maximum atomic E-state index is 13.1. The molecule has 24 heavy (non-hydrogen) atoms. The van der Waals surface area contributed by atoms with Crippen LogP contribution in [0.15, 0.2) is 40.9 Å². The first kappa shape index (κ1) is 15.2. The number of amides is 1. The lowest BCUT2D eigenvalue weighted by atomic mass is 10.0. The van der Waals surface area contributed by atoms with E-state index in [0.717, 1.165) is 35.9 Å². The zero-order chi connectivity index (χ0) is 16.5. The number of nitrogens with zero attached hydrogens (tertiary/aromatic N) is 3. The molecule has 0 spiro atoms. The molecule has 1 fully saturated rings. The molecule has 2 aromatic heterocycles. The molecule has 4 rings (SSSR count). The molecule has 0 N–H and O–H groups in total. The van der Waals surface area contributed by atoms with Crippen molar-refractivity contribution in [3.63, 3.8) is 0 Å². The average molecular weight is 339 g/mol. The summed E-state index contributed by atoms with van der Waals surface area (Å²) in [6, 6.07) is 11.6. The van der Waals surface area contributed by atoms with Crippen LogP contribution in [0.1, 0.15) is 16.1 Å². The minimum Gasteiger partial charge on any atom is -0.337 e. The second kappa shape index (κ2) is 6.28. The maximum absolute atomic E-state index is 13.1. The number of hydrogen-bond donors (Lipinski definition) is 0. The van der Waals surface area contributed by atoms with E-state index >= 15 is 0 Å². The van der Waals surface area contributed by atoms with E-state index in [1.165, 1.54) is 0 Å². The largest absolute Gasteiger partial charge is 0.337 e. The summed E-state index contributed by atoms with van der Waals surface area (Å²) < 4.78 is 5.43. The van der Waals surface area contributed by atoms with Crippen molar-refractivity contribution in [1.29, 1.82) is 0 Å². The smallest absolute Gasteiger partial charge is 0.259 e. The first-order valence-electron chi connectivity index (χ1n) is 7.93. The standard InChI is InChI=1S/C18H17N3O2S/c1-12-11-14(18(22)21-7-9-24-10-8-21)15-16(20-23-17(15)19-12)13-5-3-2-4-6-13/h2-6,11H,7-10H2,1H3. The topological polar surface area (TPSA) is 59.2 Å². The van der Waals surface area contributed by atoms with E-state index in [1.807, 2.05) is 60.0 Å². The molecule has 0 unspecified atom stereocenters. The van der Waals surface area contributed by atoms with Crippen LogP contribution in [0.2, 0.25) is 0 Å². The van der Waals surface area contributed by atoms with Gasteiger partial charge < -0.3 is 9.42 Å². The summed E-state index contributed by atoms with van der Waals surface area (Å²) in [6.07, 6.45) is 0. The van der Waals surface area contributed by atoms with Crippen molar-refractivity contribution in [3.05, 3.63) is 47.7 Å². The van der Waals surface area contributed by atoms with Crippen molar-refractivity contribution >= 4 is 28.8 Å². The first-order chi connectivity index (χ1) is 11.7. The Kier molecular flexibility index (Phi) is 3.98. The predicted molar refractivity (Wildman–Crippen MR) is 95.2 cm³/mol. The fourth-order valence-electron chi connectivity index (χ4n) is 2.97. The van der Waals surface area contributed by atoms with E-state index in [-0.39, 0.29) is 5.91 Å². The van der Waals surface area contributed by atoms with Crippen LogP contribution in [0.4, 0.5) is 0 Å². The van der Waals surface area contributed by atoms with Crippen molar-refractivity contribution in [1.82, 2.24) is 15.0 Å². The summed E-state index contributed by atoms with van der Waals surface area (Å²) in [5, 5.41) is 4.89. The summed E-state index contributed by atoms with van der Waals surface area (Å²) in [5.41, 5.74) is 3.40. The fraction of sp³-hybridized carbons (Fsp3) is 0.278. The number of fused-ring (bicyclic) bond motifs is 1. The van der Waals surface area contributed by atoms with E-state index in [0.29, 0.717) is 22.4 Å². The van der Waals surface area contributed by atoms with Gasteiger partial charge in [-0.3, -0.25) is 4.79 Å². The second-order valence-corrected chi connectivity index (χ2v) is 7.02. The van der Waals surface area contributed by atoms with Crippen molar-refractivity contribution in [3.8, 4) is 11.3 Å². The van der Waals surface area contributed by atoms with Gasteiger partial charge in [0.1, 0.15) is 5.69 Å². The minimum atomic E-state index is 0.0335. The van der Waals surface area contributed by atoms with E-state index in [9.17, 15) is 4.79 Å². The van der Waals surface area contributed by atoms with E-state index in [2.05, 4.69) is 10.1 Å². The number of carbonyl (C=O) groups is 1. The molecular weight excluding hydrogens is 322 g/mol. The third-order valence-electron chi connectivity index (χ3n) is 4.15. The molecule has 1 saturated heterocycles. The van der Waals surface area contributed by atoms with Gasteiger partial charge in [-0.15, -0.1) is 0 Å². The van der Waals surface area contributed by atoms with Gasteiger partial charge in [0, 0.05) is 35.9 Å². The highest BCUT2D eigenvalue weighted by Crippen LogP contribution is 2.31. The van der Waals surface area contributed by atoms with Crippen molar-refractivity contribution < 1.29 is 9.32 Å². The summed E-state index contributed by atoms with van der Waals surface area (Å²) in [6.45, 7) is 3.42. The Morgan fingerprint density at radius 1 is 1.21 bits per heavy atom. The maximum Gasteiger partial charge on any atom is 0.259 e. The molecule has 3 aromatic rings. The molecule has 1 amide bonds. The summed E-state index contributed by atoms with van der Waals surface area (Å²) in [4.78, 5) is 19.4. The molecule has 1 aromatic carbocycles. The van der Waals surface area contributed by atoms with Crippen LogP contribution in [0.3, 0.4) is 0 Å². The Balaban J connectivity index is 1.87. The summed E-state index contributed by atoms with van der Waals surface area (Å²) in [5.74, 6) is 1.99. The molecule has 5 nitrogen and oxygen atoms in total. The van der Waals surface area contributed by atoms with Crippen LogP contribution in [-0.4, -0.2) is 45.5 Å². The number of hydrogen-bond acceptors (Lipinski definition) is 5. The lowest BCUT2D eigenvalue weighted by Crippen LogP contribution is -2.38. The molecular formula is C18H17N3O2S. The third-order valence-corrected chi connectivity index (χ3v) is 5.09. The van der Waals surface area contributed by atoms with Gasteiger partial charge in [-0.25, -0.2) is 4.98 Å². The molecule has 122 valence electrons. The predicted octanol–water partition coefficient (Wildman–Crippen LogP) is 3.39. The highest BCUT2D eigenvalue weighted by Gasteiger charge is 2.25. The monoisotopic (exact) mass is 339 g/mol. The fourth-order valence-corrected chi connectivity index (χ4v) is 3.88. The number of carbonyl (C=O) groups excluding carboxylic acids is 1. The zero-order valence-electron chi connectivity index (χ0n) is 13.4. The quantitative estimate of drug-likeness (QED) is 0.716. The molecule has 3 heterocycles. The van der Waals surface area contributed by atoms with Gasteiger partial charge in [0.25, 0.3) is 11.6 Å². The number of aryl methyl sites for hydroxylation is 1. The van der Waals surface area contributed by atoms with Gasteiger partial charge in [-0.05, 0) is 13.0 Å². The lowest BCUT2D eigenvalue weighted by Gasteiger charge is -2.26. The van der Waals surface area contributed by atoms with Gasteiger partial charge in [0.15, 0.2) is 0 Å². The van der Waals surface area contributed by atoms with E-state index in [1.54, 1.807) is 0 Å². The molecule has 0 aliphatic carbocycles. The van der Waals surface area contributed by atoms with E-state index < -0.39 is 0 Å².